The van der Waals surface area contributed by atoms with Crippen molar-refractivity contribution >= 4 is 11.9 Å². The van der Waals surface area contributed by atoms with Gasteiger partial charge in [0.25, 0.3) is 0 Å². The van der Waals surface area contributed by atoms with Crippen LogP contribution in [0.4, 0.5) is 5.95 Å². The van der Waals surface area contributed by atoms with Crippen LogP contribution in [0.2, 0.25) is 0 Å². The third-order valence-electron chi connectivity index (χ3n) is 3.48. The molecule has 110 valence electrons. The van der Waals surface area contributed by atoms with Crippen LogP contribution in [0.25, 0.3) is 0 Å². The molecular formula is C14H22N4O2. The molecule has 1 fully saturated rings. The summed E-state index contributed by atoms with van der Waals surface area (Å²) in [7, 11) is 0. The third kappa shape index (κ3) is 3.90. The molecule has 1 aliphatic rings. The van der Waals surface area contributed by atoms with Crippen molar-refractivity contribution in [2.75, 3.05) is 31.6 Å². The molecule has 2 heterocycles. The Kier molecular flexibility index (Phi) is 5.29. The molecule has 0 bridgehead atoms. The fraction of sp³-hybridized carbons (Fsp3) is 0.643. The molecule has 0 saturated carbocycles. The van der Waals surface area contributed by atoms with Gasteiger partial charge >= 0.3 is 5.97 Å². The van der Waals surface area contributed by atoms with Crippen molar-refractivity contribution < 1.29 is 9.53 Å². The highest BCUT2D eigenvalue weighted by Gasteiger charge is 2.15. The highest BCUT2D eigenvalue weighted by atomic mass is 16.5. The molecule has 0 spiro atoms. The molecular weight excluding hydrogens is 256 g/mol. The van der Waals surface area contributed by atoms with E-state index in [9.17, 15) is 4.79 Å². The number of nitrogens with one attached hydrogen (secondary N) is 2. The Bertz CT molecular complexity index is 458. The first kappa shape index (κ1) is 14.7. The summed E-state index contributed by atoms with van der Waals surface area (Å²) in [5.41, 5.74) is 1.07. The van der Waals surface area contributed by atoms with E-state index in [1.165, 1.54) is 19.0 Å². The quantitative estimate of drug-likeness (QED) is 0.792. The maximum Gasteiger partial charge on any atom is 0.341 e. The molecule has 0 aromatic carbocycles. The lowest BCUT2D eigenvalue weighted by Crippen LogP contribution is -2.31. The van der Waals surface area contributed by atoms with Gasteiger partial charge < -0.3 is 15.4 Å². The Morgan fingerprint density at radius 2 is 2.25 bits per heavy atom. The third-order valence-corrected chi connectivity index (χ3v) is 3.48. The van der Waals surface area contributed by atoms with Crippen molar-refractivity contribution in [3.8, 4) is 0 Å². The molecule has 1 aliphatic heterocycles. The number of nitrogens with zero attached hydrogens (tertiary/aromatic N) is 2. The number of hydrogen-bond donors (Lipinski definition) is 2. The van der Waals surface area contributed by atoms with Gasteiger partial charge in [-0.05, 0) is 45.7 Å². The number of aromatic nitrogens is 2. The zero-order valence-electron chi connectivity index (χ0n) is 12.1. The largest absolute Gasteiger partial charge is 0.462 e. The van der Waals surface area contributed by atoms with Crippen molar-refractivity contribution in [1.29, 1.82) is 0 Å². The predicted octanol–water partition coefficient (Wildman–Crippen LogP) is 1.37. The van der Waals surface area contributed by atoms with E-state index in [0.29, 0.717) is 29.7 Å². The molecule has 6 nitrogen and oxygen atoms in total. The fourth-order valence-corrected chi connectivity index (χ4v) is 2.28. The van der Waals surface area contributed by atoms with Gasteiger partial charge in [0.2, 0.25) is 5.95 Å². The summed E-state index contributed by atoms with van der Waals surface area (Å²) >= 11 is 0. The summed E-state index contributed by atoms with van der Waals surface area (Å²) < 4.78 is 4.96. The van der Waals surface area contributed by atoms with E-state index < -0.39 is 0 Å². The number of aryl methyl sites for hydroxylation is 1. The Balaban J connectivity index is 1.92. The van der Waals surface area contributed by atoms with Crippen LogP contribution in [0.5, 0.6) is 0 Å². The van der Waals surface area contributed by atoms with E-state index in [2.05, 4.69) is 20.6 Å². The number of hydrogen-bond acceptors (Lipinski definition) is 6. The Hall–Kier alpha value is -1.69. The number of carbonyl (C=O) groups is 1. The average Bonchev–Trinajstić information content (AvgIpc) is 2.46. The first-order chi connectivity index (χ1) is 9.70. The smallest absolute Gasteiger partial charge is 0.341 e. The highest BCUT2D eigenvalue weighted by molar-refractivity contribution is 5.90. The number of piperidine rings is 1. The molecule has 0 unspecified atom stereocenters. The van der Waals surface area contributed by atoms with Crippen LogP contribution >= 0.6 is 0 Å². The van der Waals surface area contributed by atoms with Gasteiger partial charge in [0.1, 0.15) is 0 Å². The molecule has 6 heteroatoms. The maximum atomic E-state index is 11.7. The summed E-state index contributed by atoms with van der Waals surface area (Å²) in [5.74, 6) is 0.869. The molecule has 1 saturated heterocycles. The van der Waals surface area contributed by atoms with Crippen LogP contribution < -0.4 is 10.6 Å². The van der Waals surface area contributed by atoms with Gasteiger partial charge in [0, 0.05) is 12.7 Å². The van der Waals surface area contributed by atoms with Crippen LogP contribution in [0, 0.1) is 12.8 Å². The minimum atomic E-state index is -0.366. The maximum absolute atomic E-state index is 11.7. The second-order valence-corrected chi connectivity index (χ2v) is 4.99. The summed E-state index contributed by atoms with van der Waals surface area (Å²) in [6.07, 6.45) is 3.88. The normalized spacial score (nSPS) is 15.9. The van der Waals surface area contributed by atoms with Gasteiger partial charge in [-0.2, -0.15) is 0 Å². The standard InChI is InChI=1S/C14H22N4O2/c1-3-20-13(19)12-9-17-14(18-10(12)2)16-8-11-4-6-15-7-5-11/h9,11,15H,3-8H2,1-2H3,(H,16,17,18). The molecule has 0 amide bonds. The molecule has 0 atom stereocenters. The number of ether oxygens (including phenoxy) is 1. The first-order valence-electron chi connectivity index (χ1n) is 7.16. The van der Waals surface area contributed by atoms with Crippen molar-refractivity contribution in [2.24, 2.45) is 5.92 Å². The van der Waals surface area contributed by atoms with Crippen molar-refractivity contribution in [2.45, 2.75) is 26.7 Å². The lowest BCUT2D eigenvalue weighted by molar-refractivity contribution is 0.0524. The minimum absolute atomic E-state index is 0.355. The van der Waals surface area contributed by atoms with E-state index in [0.717, 1.165) is 19.6 Å². The Morgan fingerprint density at radius 1 is 1.50 bits per heavy atom. The Labute approximate surface area is 119 Å². The van der Waals surface area contributed by atoms with Crippen LogP contribution in [0.1, 0.15) is 35.8 Å². The molecule has 1 aromatic heterocycles. The van der Waals surface area contributed by atoms with Crippen LogP contribution in [-0.2, 0) is 4.74 Å². The number of carbonyl (C=O) groups excluding carboxylic acids is 1. The second kappa shape index (κ2) is 7.19. The molecule has 20 heavy (non-hydrogen) atoms. The van der Waals surface area contributed by atoms with E-state index in [1.807, 2.05) is 0 Å². The van der Waals surface area contributed by atoms with E-state index in [1.54, 1.807) is 13.8 Å². The first-order valence-corrected chi connectivity index (χ1v) is 7.16. The Morgan fingerprint density at radius 3 is 2.90 bits per heavy atom. The van der Waals surface area contributed by atoms with Crippen molar-refractivity contribution in [3.05, 3.63) is 17.5 Å². The molecule has 1 aromatic rings. The van der Waals surface area contributed by atoms with E-state index in [-0.39, 0.29) is 5.97 Å². The van der Waals surface area contributed by atoms with Crippen molar-refractivity contribution in [1.82, 2.24) is 15.3 Å². The fourth-order valence-electron chi connectivity index (χ4n) is 2.28. The molecule has 2 N–H and O–H groups in total. The molecule has 0 aliphatic carbocycles. The molecule has 0 radical (unpaired) electrons. The zero-order valence-corrected chi connectivity index (χ0v) is 12.1. The van der Waals surface area contributed by atoms with E-state index in [4.69, 9.17) is 4.74 Å². The second-order valence-electron chi connectivity index (χ2n) is 4.99. The SMILES string of the molecule is CCOC(=O)c1cnc(NCC2CCNCC2)nc1C. The monoisotopic (exact) mass is 278 g/mol. The van der Waals surface area contributed by atoms with Gasteiger partial charge in [-0.3, -0.25) is 0 Å². The number of anilines is 1. The van der Waals surface area contributed by atoms with Crippen LogP contribution in [0.3, 0.4) is 0 Å². The summed E-state index contributed by atoms with van der Waals surface area (Å²) in [6, 6.07) is 0. The van der Waals surface area contributed by atoms with Gasteiger partial charge in [0.05, 0.1) is 17.9 Å². The van der Waals surface area contributed by atoms with Crippen LogP contribution in [0.15, 0.2) is 6.20 Å². The number of rotatable bonds is 5. The van der Waals surface area contributed by atoms with Gasteiger partial charge in [0.15, 0.2) is 0 Å². The van der Waals surface area contributed by atoms with Gasteiger partial charge in [-0.1, -0.05) is 0 Å². The van der Waals surface area contributed by atoms with Gasteiger partial charge in [-0.25, -0.2) is 14.8 Å². The lowest BCUT2D eigenvalue weighted by atomic mass is 9.98. The summed E-state index contributed by atoms with van der Waals surface area (Å²) in [5, 5.41) is 6.59. The highest BCUT2D eigenvalue weighted by Crippen LogP contribution is 2.13. The molecule has 2 rings (SSSR count). The number of esters is 1. The zero-order chi connectivity index (χ0) is 14.4. The van der Waals surface area contributed by atoms with Crippen LogP contribution in [-0.4, -0.2) is 42.2 Å². The topological polar surface area (TPSA) is 76.1 Å². The predicted molar refractivity (Wildman–Crippen MR) is 76.8 cm³/mol. The van der Waals surface area contributed by atoms with E-state index >= 15 is 0 Å². The average molecular weight is 278 g/mol. The van der Waals surface area contributed by atoms with Gasteiger partial charge in [-0.15, -0.1) is 0 Å². The summed E-state index contributed by atoms with van der Waals surface area (Å²) in [6.45, 7) is 6.96. The van der Waals surface area contributed by atoms with Crippen molar-refractivity contribution in [3.63, 3.8) is 0 Å². The summed E-state index contributed by atoms with van der Waals surface area (Å²) in [4.78, 5) is 20.2. The lowest BCUT2D eigenvalue weighted by Gasteiger charge is -2.22. The minimum Gasteiger partial charge on any atom is -0.462 e.